The molecule has 0 bridgehead atoms. The van der Waals surface area contributed by atoms with E-state index in [0.29, 0.717) is 31.6 Å². The third kappa shape index (κ3) is 6.03. The molecule has 25 heavy (non-hydrogen) atoms. The van der Waals surface area contributed by atoms with Crippen LogP contribution < -0.4 is 16.0 Å². The average Bonchev–Trinajstić information content (AvgIpc) is 2.99. The number of carboxylic acid groups (broad SMARTS) is 1. The first-order valence-electron chi connectivity index (χ1n) is 9.02. The Morgan fingerprint density at radius 1 is 1.16 bits per heavy atom. The van der Waals surface area contributed by atoms with Crippen molar-refractivity contribution in [2.45, 2.75) is 63.5 Å². The summed E-state index contributed by atoms with van der Waals surface area (Å²) in [5.74, 6) is -0.585. The Labute approximate surface area is 147 Å². The second kappa shape index (κ2) is 9.39. The Morgan fingerprint density at radius 2 is 1.88 bits per heavy atom. The normalized spacial score (nSPS) is 23.4. The van der Waals surface area contributed by atoms with Crippen molar-refractivity contribution in [1.29, 1.82) is 0 Å². The molecule has 3 unspecified atom stereocenters. The highest BCUT2D eigenvalue weighted by atomic mass is 16.4. The monoisotopic (exact) mass is 353 g/mol. The van der Waals surface area contributed by atoms with Crippen LogP contribution in [-0.4, -0.2) is 47.9 Å². The maximum absolute atomic E-state index is 12.5. The lowest BCUT2D eigenvalue weighted by Crippen LogP contribution is -2.51. The standard InChI is InChI=1S/C17H27N3O5/c21-10-13(9-12-6-7-18-15(12)22)19-16(23)14(20-17(24)25)8-11-4-2-1-3-5-11/h10-14,20H,1-9H2,(H,18,22)(H,19,23)(H,24,25). The van der Waals surface area contributed by atoms with Crippen LogP contribution >= 0.6 is 0 Å². The lowest BCUT2D eigenvalue weighted by atomic mass is 9.84. The molecule has 1 saturated carbocycles. The molecule has 0 radical (unpaired) electrons. The zero-order chi connectivity index (χ0) is 18.2. The Bertz CT molecular complexity index is 505. The molecule has 0 aromatic rings. The summed E-state index contributed by atoms with van der Waals surface area (Å²) in [6.07, 6.45) is 6.02. The molecule has 4 N–H and O–H groups in total. The quantitative estimate of drug-likeness (QED) is 0.481. The first-order chi connectivity index (χ1) is 12.0. The minimum Gasteiger partial charge on any atom is -0.465 e. The van der Waals surface area contributed by atoms with E-state index in [0.717, 1.165) is 25.7 Å². The van der Waals surface area contributed by atoms with E-state index >= 15 is 0 Å². The maximum Gasteiger partial charge on any atom is 0.405 e. The van der Waals surface area contributed by atoms with Crippen LogP contribution in [-0.2, 0) is 14.4 Å². The van der Waals surface area contributed by atoms with Crippen molar-refractivity contribution in [3.8, 4) is 0 Å². The minimum absolute atomic E-state index is 0.108. The molecule has 2 rings (SSSR count). The summed E-state index contributed by atoms with van der Waals surface area (Å²) in [6, 6.07) is -1.66. The van der Waals surface area contributed by atoms with Gasteiger partial charge in [-0.15, -0.1) is 0 Å². The van der Waals surface area contributed by atoms with Gasteiger partial charge in [0.1, 0.15) is 12.3 Å². The van der Waals surface area contributed by atoms with Crippen LogP contribution in [0.5, 0.6) is 0 Å². The van der Waals surface area contributed by atoms with Gasteiger partial charge in [-0.05, 0) is 25.2 Å². The van der Waals surface area contributed by atoms with Crippen molar-refractivity contribution < 1.29 is 24.3 Å². The molecular weight excluding hydrogens is 326 g/mol. The predicted molar refractivity (Wildman–Crippen MR) is 89.9 cm³/mol. The third-order valence-corrected chi connectivity index (χ3v) is 5.10. The predicted octanol–water partition coefficient (Wildman–Crippen LogP) is 0.803. The summed E-state index contributed by atoms with van der Waals surface area (Å²) in [4.78, 5) is 46.4. The summed E-state index contributed by atoms with van der Waals surface area (Å²) < 4.78 is 0. The smallest absolute Gasteiger partial charge is 0.405 e. The average molecular weight is 353 g/mol. The molecule has 140 valence electrons. The Morgan fingerprint density at radius 3 is 2.44 bits per heavy atom. The Kier molecular flexibility index (Phi) is 7.21. The van der Waals surface area contributed by atoms with E-state index in [9.17, 15) is 19.2 Å². The van der Waals surface area contributed by atoms with E-state index in [1.807, 2.05) is 0 Å². The number of amides is 3. The molecule has 0 spiro atoms. The van der Waals surface area contributed by atoms with Crippen LogP contribution in [0.25, 0.3) is 0 Å². The van der Waals surface area contributed by atoms with Gasteiger partial charge in [-0.25, -0.2) is 4.79 Å². The number of hydrogen-bond acceptors (Lipinski definition) is 4. The van der Waals surface area contributed by atoms with Gasteiger partial charge in [-0.2, -0.15) is 0 Å². The lowest BCUT2D eigenvalue weighted by molar-refractivity contribution is -0.127. The molecule has 0 aromatic heterocycles. The number of hydrogen-bond donors (Lipinski definition) is 4. The van der Waals surface area contributed by atoms with Gasteiger partial charge in [0, 0.05) is 12.5 Å². The van der Waals surface area contributed by atoms with Crippen LogP contribution in [0.4, 0.5) is 4.79 Å². The molecule has 3 amide bonds. The number of nitrogens with one attached hydrogen (secondary N) is 3. The largest absolute Gasteiger partial charge is 0.465 e. The van der Waals surface area contributed by atoms with E-state index in [-0.39, 0.29) is 18.2 Å². The highest BCUT2D eigenvalue weighted by molar-refractivity contribution is 5.87. The molecule has 8 nitrogen and oxygen atoms in total. The molecule has 3 atom stereocenters. The second-order valence-electron chi connectivity index (χ2n) is 7.01. The van der Waals surface area contributed by atoms with E-state index in [2.05, 4.69) is 16.0 Å². The van der Waals surface area contributed by atoms with Crippen LogP contribution in [0.3, 0.4) is 0 Å². The summed E-state index contributed by atoms with van der Waals surface area (Å²) in [5.41, 5.74) is 0. The first-order valence-corrected chi connectivity index (χ1v) is 9.02. The maximum atomic E-state index is 12.5. The van der Waals surface area contributed by atoms with Crippen molar-refractivity contribution in [2.75, 3.05) is 6.54 Å². The molecule has 8 heteroatoms. The molecule has 1 saturated heterocycles. The van der Waals surface area contributed by atoms with Gasteiger partial charge in [-0.1, -0.05) is 32.1 Å². The highest BCUT2D eigenvalue weighted by Crippen LogP contribution is 2.27. The second-order valence-corrected chi connectivity index (χ2v) is 7.01. The molecular formula is C17H27N3O5. The fourth-order valence-electron chi connectivity index (χ4n) is 3.74. The van der Waals surface area contributed by atoms with Gasteiger partial charge in [0.15, 0.2) is 0 Å². The van der Waals surface area contributed by atoms with Gasteiger partial charge in [0.25, 0.3) is 0 Å². The number of carbonyl (C=O) groups excluding carboxylic acids is 3. The van der Waals surface area contributed by atoms with Gasteiger partial charge in [-0.3, -0.25) is 9.59 Å². The van der Waals surface area contributed by atoms with E-state index in [1.165, 1.54) is 6.42 Å². The number of carbonyl (C=O) groups is 4. The summed E-state index contributed by atoms with van der Waals surface area (Å²) in [6.45, 7) is 0.577. The fraction of sp³-hybridized carbons (Fsp3) is 0.765. The lowest BCUT2D eigenvalue weighted by Gasteiger charge is -2.27. The molecule has 1 aliphatic heterocycles. The van der Waals surface area contributed by atoms with Crippen LogP contribution in [0.15, 0.2) is 0 Å². The van der Waals surface area contributed by atoms with Gasteiger partial charge < -0.3 is 25.9 Å². The Balaban J connectivity index is 1.92. The van der Waals surface area contributed by atoms with E-state index < -0.39 is 24.1 Å². The van der Waals surface area contributed by atoms with Crippen molar-refractivity contribution in [1.82, 2.24) is 16.0 Å². The molecule has 1 heterocycles. The van der Waals surface area contributed by atoms with Crippen molar-refractivity contribution >= 4 is 24.2 Å². The molecule has 2 fully saturated rings. The van der Waals surface area contributed by atoms with Crippen molar-refractivity contribution in [3.05, 3.63) is 0 Å². The third-order valence-electron chi connectivity index (χ3n) is 5.10. The summed E-state index contributed by atoms with van der Waals surface area (Å²) in [7, 11) is 0. The van der Waals surface area contributed by atoms with E-state index in [4.69, 9.17) is 5.11 Å². The van der Waals surface area contributed by atoms with Gasteiger partial charge >= 0.3 is 6.09 Å². The van der Waals surface area contributed by atoms with Crippen molar-refractivity contribution in [2.24, 2.45) is 11.8 Å². The van der Waals surface area contributed by atoms with Gasteiger partial charge in [0.2, 0.25) is 11.8 Å². The molecule has 2 aliphatic rings. The number of aldehydes is 1. The Hall–Kier alpha value is -2.12. The zero-order valence-electron chi connectivity index (χ0n) is 14.3. The van der Waals surface area contributed by atoms with Gasteiger partial charge in [0.05, 0.1) is 6.04 Å². The van der Waals surface area contributed by atoms with Crippen LogP contribution in [0.1, 0.15) is 51.4 Å². The molecule has 1 aliphatic carbocycles. The topological polar surface area (TPSA) is 125 Å². The van der Waals surface area contributed by atoms with Crippen LogP contribution in [0, 0.1) is 11.8 Å². The zero-order valence-corrected chi connectivity index (χ0v) is 14.3. The molecule has 0 aromatic carbocycles. The minimum atomic E-state index is -1.26. The SMILES string of the molecule is O=CC(CC1CCNC1=O)NC(=O)C(CC1CCCCC1)NC(=O)O. The fourth-order valence-corrected chi connectivity index (χ4v) is 3.74. The number of rotatable bonds is 8. The first kappa shape index (κ1) is 19.2. The van der Waals surface area contributed by atoms with Crippen molar-refractivity contribution in [3.63, 3.8) is 0 Å². The van der Waals surface area contributed by atoms with Crippen LogP contribution in [0.2, 0.25) is 0 Å². The summed E-state index contributed by atoms with van der Waals surface area (Å²) in [5, 5.41) is 16.6. The highest BCUT2D eigenvalue weighted by Gasteiger charge is 2.30. The summed E-state index contributed by atoms with van der Waals surface area (Å²) >= 11 is 0. The van der Waals surface area contributed by atoms with E-state index in [1.54, 1.807) is 0 Å².